The van der Waals surface area contributed by atoms with Gasteiger partial charge in [0.05, 0.1) is 12.0 Å². The first-order chi connectivity index (χ1) is 9.06. The van der Waals surface area contributed by atoms with Crippen LogP contribution in [-0.2, 0) is 4.79 Å². The number of nitrogens with one attached hydrogen (secondary N) is 1. The summed E-state index contributed by atoms with van der Waals surface area (Å²) >= 11 is 1.79. The van der Waals surface area contributed by atoms with Gasteiger partial charge in [0, 0.05) is 28.9 Å². The lowest BCUT2D eigenvalue weighted by Gasteiger charge is -2.29. The molecule has 1 aromatic heterocycles. The predicted molar refractivity (Wildman–Crippen MR) is 78.3 cm³/mol. The molecule has 1 aromatic rings. The number of aryl methyl sites for hydroxylation is 1. The van der Waals surface area contributed by atoms with E-state index in [1.807, 2.05) is 11.9 Å². The summed E-state index contributed by atoms with van der Waals surface area (Å²) < 4.78 is 0. The number of carbonyl (C=O) groups excluding carboxylic acids is 1. The summed E-state index contributed by atoms with van der Waals surface area (Å²) in [6, 6.07) is 5.48. The van der Waals surface area contributed by atoms with Crippen LogP contribution in [-0.4, -0.2) is 29.9 Å². The van der Waals surface area contributed by atoms with Gasteiger partial charge in [-0.05, 0) is 45.2 Å². The van der Waals surface area contributed by atoms with Crippen LogP contribution in [0.25, 0.3) is 0 Å². The first-order valence-corrected chi connectivity index (χ1v) is 7.97. The van der Waals surface area contributed by atoms with Crippen LogP contribution >= 0.6 is 11.3 Å². The molecule has 4 unspecified atom stereocenters. The van der Waals surface area contributed by atoms with Gasteiger partial charge in [0.2, 0.25) is 5.91 Å². The van der Waals surface area contributed by atoms with Crippen LogP contribution in [0, 0.1) is 12.8 Å². The van der Waals surface area contributed by atoms with E-state index >= 15 is 0 Å². The second-order valence-corrected chi connectivity index (χ2v) is 7.28. The molecule has 1 N–H and O–H groups in total. The van der Waals surface area contributed by atoms with Crippen LogP contribution in [0.15, 0.2) is 12.1 Å². The van der Waals surface area contributed by atoms with Gasteiger partial charge >= 0.3 is 0 Å². The number of hydrogen-bond donors (Lipinski definition) is 1. The van der Waals surface area contributed by atoms with Crippen molar-refractivity contribution in [2.45, 2.75) is 51.2 Å². The number of carbonyl (C=O) groups is 1. The fraction of sp³-hybridized carbons (Fsp3) is 0.667. The Balaban J connectivity index is 1.69. The Morgan fingerprint density at radius 2 is 2.26 bits per heavy atom. The second kappa shape index (κ2) is 4.91. The van der Waals surface area contributed by atoms with E-state index in [-0.39, 0.29) is 12.0 Å². The lowest BCUT2D eigenvalue weighted by Crippen LogP contribution is -2.39. The Kier molecular flexibility index (Phi) is 3.39. The normalized spacial score (nSPS) is 30.6. The van der Waals surface area contributed by atoms with E-state index < -0.39 is 0 Å². The summed E-state index contributed by atoms with van der Waals surface area (Å²) in [5.74, 6) is 0.519. The van der Waals surface area contributed by atoms with E-state index in [1.165, 1.54) is 22.6 Å². The van der Waals surface area contributed by atoms with E-state index in [1.54, 1.807) is 11.3 Å². The molecule has 3 heterocycles. The molecule has 2 fully saturated rings. The summed E-state index contributed by atoms with van der Waals surface area (Å²) in [6.45, 7) is 4.24. The zero-order chi connectivity index (χ0) is 13.6. The van der Waals surface area contributed by atoms with E-state index in [0.717, 1.165) is 6.42 Å². The molecule has 2 saturated heterocycles. The zero-order valence-corrected chi connectivity index (χ0v) is 12.7. The first-order valence-electron chi connectivity index (χ1n) is 7.15. The maximum atomic E-state index is 12.6. The SMILES string of the molecule is Cc1ccc(C(C)N(C)C(=O)C2CC3CCC2N3)s1. The second-order valence-electron chi connectivity index (χ2n) is 5.96. The van der Waals surface area contributed by atoms with Crippen LogP contribution < -0.4 is 5.32 Å². The molecule has 104 valence electrons. The molecular formula is C15H22N2OS. The van der Waals surface area contributed by atoms with Gasteiger partial charge in [0.1, 0.15) is 0 Å². The number of nitrogens with zero attached hydrogens (tertiary/aromatic N) is 1. The van der Waals surface area contributed by atoms with Crippen molar-refractivity contribution in [1.82, 2.24) is 10.2 Å². The van der Waals surface area contributed by atoms with Gasteiger partial charge in [-0.2, -0.15) is 0 Å². The number of thiophene rings is 1. The molecule has 0 aliphatic carbocycles. The molecule has 3 nitrogen and oxygen atoms in total. The van der Waals surface area contributed by atoms with Crippen molar-refractivity contribution < 1.29 is 4.79 Å². The maximum absolute atomic E-state index is 12.6. The van der Waals surface area contributed by atoms with Crippen LogP contribution in [0.2, 0.25) is 0 Å². The van der Waals surface area contributed by atoms with E-state index in [4.69, 9.17) is 0 Å². The molecule has 4 heteroatoms. The lowest BCUT2D eigenvalue weighted by atomic mass is 9.88. The maximum Gasteiger partial charge on any atom is 0.227 e. The molecule has 2 bridgehead atoms. The molecule has 1 amide bonds. The topological polar surface area (TPSA) is 32.3 Å². The highest BCUT2D eigenvalue weighted by Crippen LogP contribution is 2.36. The third-order valence-electron chi connectivity index (χ3n) is 4.72. The number of amides is 1. The van der Waals surface area contributed by atoms with E-state index in [2.05, 4.69) is 31.3 Å². The van der Waals surface area contributed by atoms with Gasteiger partial charge in [-0.1, -0.05) is 0 Å². The van der Waals surface area contributed by atoms with Gasteiger partial charge < -0.3 is 10.2 Å². The molecule has 2 aliphatic heterocycles. The summed E-state index contributed by atoms with van der Waals surface area (Å²) in [7, 11) is 1.95. The zero-order valence-electron chi connectivity index (χ0n) is 11.8. The van der Waals surface area contributed by atoms with Crippen molar-refractivity contribution >= 4 is 17.2 Å². The van der Waals surface area contributed by atoms with E-state index in [0.29, 0.717) is 18.0 Å². The largest absolute Gasteiger partial charge is 0.338 e. The van der Waals surface area contributed by atoms with Crippen LogP contribution in [0.1, 0.15) is 42.0 Å². The molecular weight excluding hydrogens is 256 g/mol. The minimum Gasteiger partial charge on any atom is -0.338 e. The van der Waals surface area contributed by atoms with Crippen molar-refractivity contribution in [3.8, 4) is 0 Å². The third kappa shape index (κ3) is 2.32. The third-order valence-corrected chi connectivity index (χ3v) is 5.89. The van der Waals surface area contributed by atoms with Crippen LogP contribution in [0.4, 0.5) is 0 Å². The number of hydrogen-bond acceptors (Lipinski definition) is 3. The molecule has 2 aliphatic rings. The number of fused-ring (bicyclic) bond motifs is 2. The Bertz CT molecular complexity index is 484. The van der Waals surface area contributed by atoms with Crippen molar-refractivity contribution in [3.05, 3.63) is 21.9 Å². The Hall–Kier alpha value is -0.870. The standard InChI is InChI=1S/C15H22N2OS/c1-9-4-7-14(19-9)10(2)17(3)15(18)12-8-11-5-6-13(12)16-11/h4,7,10-13,16H,5-6,8H2,1-3H3. The van der Waals surface area contributed by atoms with Crippen molar-refractivity contribution in [2.75, 3.05) is 7.05 Å². The summed E-state index contributed by atoms with van der Waals surface area (Å²) in [5, 5.41) is 3.55. The van der Waals surface area contributed by atoms with Crippen molar-refractivity contribution in [3.63, 3.8) is 0 Å². The van der Waals surface area contributed by atoms with Gasteiger partial charge in [-0.15, -0.1) is 11.3 Å². The van der Waals surface area contributed by atoms with Crippen molar-refractivity contribution in [2.24, 2.45) is 5.92 Å². The smallest absolute Gasteiger partial charge is 0.227 e. The average Bonchev–Trinajstić information content (AvgIpc) is 3.11. The summed E-state index contributed by atoms with van der Waals surface area (Å²) in [5.41, 5.74) is 0. The Morgan fingerprint density at radius 3 is 2.79 bits per heavy atom. The lowest BCUT2D eigenvalue weighted by molar-refractivity contribution is -0.136. The quantitative estimate of drug-likeness (QED) is 0.922. The first kappa shape index (κ1) is 13.1. The fourth-order valence-electron chi connectivity index (χ4n) is 3.42. The molecule has 19 heavy (non-hydrogen) atoms. The predicted octanol–water partition coefficient (Wildman–Crippen LogP) is 2.72. The highest BCUT2D eigenvalue weighted by molar-refractivity contribution is 7.12. The van der Waals surface area contributed by atoms with Gasteiger partial charge in [-0.25, -0.2) is 0 Å². The Morgan fingerprint density at radius 1 is 1.47 bits per heavy atom. The average molecular weight is 278 g/mol. The highest BCUT2D eigenvalue weighted by atomic mass is 32.1. The van der Waals surface area contributed by atoms with Gasteiger partial charge in [-0.3, -0.25) is 4.79 Å². The van der Waals surface area contributed by atoms with Crippen LogP contribution in [0.5, 0.6) is 0 Å². The number of rotatable bonds is 3. The highest BCUT2D eigenvalue weighted by Gasteiger charge is 2.44. The molecule has 0 radical (unpaired) electrons. The van der Waals surface area contributed by atoms with Gasteiger partial charge in [0.25, 0.3) is 0 Å². The fourth-order valence-corrected chi connectivity index (χ4v) is 4.39. The van der Waals surface area contributed by atoms with E-state index in [9.17, 15) is 4.79 Å². The molecule has 0 saturated carbocycles. The summed E-state index contributed by atoms with van der Waals surface area (Å²) in [6.07, 6.45) is 3.45. The minimum atomic E-state index is 0.185. The van der Waals surface area contributed by atoms with Crippen molar-refractivity contribution in [1.29, 1.82) is 0 Å². The molecule has 3 rings (SSSR count). The summed E-state index contributed by atoms with van der Waals surface area (Å²) in [4.78, 5) is 17.2. The Labute approximate surface area is 119 Å². The van der Waals surface area contributed by atoms with Gasteiger partial charge in [0.15, 0.2) is 0 Å². The molecule has 4 atom stereocenters. The monoisotopic (exact) mass is 278 g/mol. The molecule has 0 aromatic carbocycles. The molecule has 0 spiro atoms. The minimum absolute atomic E-state index is 0.185. The van der Waals surface area contributed by atoms with Crippen LogP contribution in [0.3, 0.4) is 0 Å².